The molecule has 0 aliphatic rings. The maximum atomic E-state index is 12.2. The molecule has 0 N–H and O–H groups in total. The summed E-state index contributed by atoms with van der Waals surface area (Å²) in [6, 6.07) is 12.6. The average Bonchev–Trinajstić information content (AvgIpc) is 2.40. The normalized spacial score (nSPS) is 11.0. The van der Waals surface area contributed by atoms with Crippen LogP contribution in [-0.2, 0) is 6.42 Å². The molecule has 108 valence electrons. The highest BCUT2D eigenvalue weighted by Gasteiger charge is 2.31. The first-order valence-corrected chi connectivity index (χ1v) is 6.28. The van der Waals surface area contributed by atoms with E-state index in [1.165, 1.54) is 18.2 Å². The number of nitriles is 1. The van der Waals surface area contributed by atoms with Gasteiger partial charge in [0.05, 0.1) is 12.5 Å². The van der Waals surface area contributed by atoms with Gasteiger partial charge < -0.3 is 4.74 Å². The number of ether oxygens (including phenoxy) is 1. The van der Waals surface area contributed by atoms with Gasteiger partial charge in [-0.3, -0.25) is 0 Å². The maximum Gasteiger partial charge on any atom is 0.573 e. The minimum atomic E-state index is -4.73. The molecular formula is C15H9ClF3NO. The van der Waals surface area contributed by atoms with E-state index in [0.717, 1.165) is 0 Å². The summed E-state index contributed by atoms with van der Waals surface area (Å²) in [5.74, 6) is -0.295. The third-order valence-electron chi connectivity index (χ3n) is 2.72. The Morgan fingerprint density at radius 1 is 1.10 bits per heavy atom. The molecule has 2 aromatic carbocycles. The SMILES string of the molecule is N#CCc1cc(-c2cccc(OC(F)(F)F)c2)ccc1Cl. The lowest BCUT2D eigenvalue weighted by atomic mass is 10.0. The van der Waals surface area contributed by atoms with Crippen molar-refractivity contribution in [3.8, 4) is 22.9 Å². The highest BCUT2D eigenvalue weighted by atomic mass is 35.5. The van der Waals surface area contributed by atoms with Crippen molar-refractivity contribution in [2.24, 2.45) is 0 Å². The number of hydrogen-bond acceptors (Lipinski definition) is 2. The molecule has 0 aromatic heterocycles. The second-order valence-electron chi connectivity index (χ2n) is 4.22. The molecule has 0 saturated heterocycles. The van der Waals surface area contributed by atoms with E-state index >= 15 is 0 Å². The molecule has 2 aromatic rings. The van der Waals surface area contributed by atoms with Gasteiger partial charge in [0.15, 0.2) is 0 Å². The second kappa shape index (κ2) is 6.06. The third kappa shape index (κ3) is 4.14. The molecular weight excluding hydrogens is 303 g/mol. The first-order valence-electron chi connectivity index (χ1n) is 5.90. The lowest BCUT2D eigenvalue weighted by molar-refractivity contribution is -0.274. The Kier molecular flexibility index (Phi) is 4.39. The van der Waals surface area contributed by atoms with Gasteiger partial charge in [0.2, 0.25) is 0 Å². The van der Waals surface area contributed by atoms with Gasteiger partial charge in [-0.05, 0) is 41.0 Å². The quantitative estimate of drug-likeness (QED) is 0.801. The monoisotopic (exact) mass is 311 g/mol. The van der Waals surface area contributed by atoms with Crippen molar-refractivity contribution >= 4 is 11.6 Å². The fourth-order valence-corrected chi connectivity index (χ4v) is 2.03. The molecule has 2 nitrogen and oxygen atoms in total. The summed E-state index contributed by atoms with van der Waals surface area (Å²) in [6.07, 6.45) is -4.60. The molecule has 2 rings (SSSR count). The van der Waals surface area contributed by atoms with Crippen molar-refractivity contribution in [3.05, 3.63) is 53.1 Å². The van der Waals surface area contributed by atoms with Gasteiger partial charge >= 0.3 is 6.36 Å². The van der Waals surface area contributed by atoms with Crippen LogP contribution in [0.2, 0.25) is 5.02 Å². The first-order chi connectivity index (χ1) is 9.89. The number of benzene rings is 2. The topological polar surface area (TPSA) is 33.0 Å². The van der Waals surface area contributed by atoms with E-state index in [-0.39, 0.29) is 12.2 Å². The van der Waals surface area contributed by atoms with Crippen molar-refractivity contribution < 1.29 is 17.9 Å². The van der Waals surface area contributed by atoms with Crippen molar-refractivity contribution in [2.75, 3.05) is 0 Å². The number of hydrogen-bond donors (Lipinski definition) is 0. The molecule has 0 spiro atoms. The zero-order valence-corrected chi connectivity index (χ0v) is 11.4. The average molecular weight is 312 g/mol. The van der Waals surface area contributed by atoms with E-state index < -0.39 is 6.36 Å². The number of halogens is 4. The highest BCUT2D eigenvalue weighted by molar-refractivity contribution is 6.31. The van der Waals surface area contributed by atoms with E-state index in [9.17, 15) is 13.2 Å². The Bertz CT molecular complexity index is 692. The van der Waals surface area contributed by atoms with Crippen LogP contribution in [0.3, 0.4) is 0 Å². The Morgan fingerprint density at radius 2 is 1.81 bits per heavy atom. The highest BCUT2D eigenvalue weighted by Crippen LogP contribution is 2.30. The van der Waals surface area contributed by atoms with Crippen LogP contribution in [0.1, 0.15) is 5.56 Å². The standard InChI is InChI=1S/C15H9ClF3NO/c16-14-5-4-11(8-12(14)6-7-20)10-2-1-3-13(9-10)21-15(17,18)19/h1-5,8-9H,6H2. The lowest BCUT2D eigenvalue weighted by Gasteiger charge is -2.11. The zero-order valence-electron chi connectivity index (χ0n) is 10.6. The molecule has 0 fully saturated rings. The van der Waals surface area contributed by atoms with E-state index in [2.05, 4.69) is 4.74 Å². The van der Waals surface area contributed by atoms with E-state index in [0.29, 0.717) is 21.7 Å². The molecule has 0 aliphatic carbocycles. The van der Waals surface area contributed by atoms with Crippen LogP contribution >= 0.6 is 11.6 Å². The van der Waals surface area contributed by atoms with Gasteiger partial charge in [-0.25, -0.2) is 0 Å². The van der Waals surface area contributed by atoms with Crippen LogP contribution in [0, 0.1) is 11.3 Å². The van der Waals surface area contributed by atoms with E-state index in [1.807, 2.05) is 6.07 Å². The first kappa shape index (κ1) is 15.2. The Hall–Kier alpha value is -2.19. The molecule has 0 radical (unpaired) electrons. The van der Waals surface area contributed by atoms with Gasteiger partial charge in [0.25, 0.3) is 0 Å². The summed E-state index contributed by atoms with van der Waals surface area (Å²) in [5.41, 5.74) is 1.84. The molecule has 6 heteroatoms. The van der Waals surface area contributed by atoms with Crippen LogP contribution < -0.4 is 4.74 Å². The van der Waals surface area contributed by atoms with Crippen molar-refractivity contribution in [2.45, 2.75) is 12.8 Å². The van der Waals surface area contributed by atoms with Crippen LogP contribution in [0.5, 0.6) is 5.75 Å². The van der Waals surface area contributed by atoms with Crippen molar-refractivity contribution in [3.63, 3.8) is 0 Å². The number of alkyl halides is 3. The summed E-state index contributed by atoms with van der Waals surface area (Å²) in [6.45, 7) is 0. The van der Waals surface area contributed by atoms with Crippen molar-refractivity contribution in [1.29, 1.82) is 5.26 Å². The van der Waals surface area contributed by atoms with E-state index in [4.69, 9.17) is 16.9 Å². The second-order valence-corrected chi connectivity index (χ2v) is 4.62. The van der Waals surface area contributed by atoms with Gasteiger partial charge in [0, 0.05) is 5.02 Å². The lowest BCUT2D eigenvalue weighted by Crippen LogP contribution is -2.17. The third-order valence-corrected chi connectivity index (χ3v) is 3.08. The Balaban J connectivity index is 2.36. The van der Waals surface area contributed by atoms with Crippen LogP contribution in [0.4, 0.5) is 13.2 Å². The molecule has 0 atom stereocenters. The molecule has 0 bridgehead atoms. The van der Waals surface area contributed by atoms with Crippen LogP contribution in [0.15, 0.2) is 42.5 Å². The fraction of sp³-hybridized carbons (Fsp3) is 0.133. The zero-order chi connectivity index (χ0) is 15.5. The van der Waals surface area contributed by atoms with Gasteiger partial charge in [-0.2, -0.15) is 5.26 Å². The molecule has 0 heterocycles. The summed E-state index contributed by atoms with van der Waals surface area (Å²) in [7, 11) is 0. The van der Waals surface area contributed by atoms with Gasteiger partial charge in [-0.15, -0.1) is 13.2 Å². The maximum absolute atomic E-state index is 12.2. The predicted octanol–water partition coefficient (Wildman–Crippen LogP) is 4.97. The molecule has 0 saturated carbocycles. The van der Waals surface area contributed by atoms with E-state index in [1.54, 1.807) is 24.3 Å². The summed E-state index contributed by atoms with van der Waals surface area (Å²) in [5, 5.41) is 9.17. The minimum Gasteiger partial charge on any atom is -0.406 e. The number of rotatable bonds is 3. The largest absolute Gasteiger partial charge is 0.573 e. The van der Waals surface area contributed by atoms with Crippen molar-refractivity contribution in [1.82, 2.24) is 0 Å². The molecule has 0 amide bonds. The van der Waals surface area contributed by atoms with Crippen LogP contribution in [-0.4, -0.2) is 6.36 Å². The fourth-order valence-electron chi connectivity index (χ4n) is 1.85. The Morgan fingerprint density at radius 3 is 2.48 bits per heavy atom. The summed E-state index contributed by atoms with van der Waals surface area (Å²) < 4.78 is 40.5. The summed E-state index contributed by atoms with van der Waals surface area (Å²) in [4.78, 5) is 0. The van der Waals surface area contributed by atoms with Crippen LogP contribution in [0.25, 0.3) is 11.1 Å². The smallest absolute Gasteiger partial charge is 0.406 e. The van der Waals surface area contributed by atoms with Gasteiger partial charge in [-0.1, -0.05) is 29.8 Å². The predicted molar refractivity (Wildman–Crippen MR) is 72.9 cm³/mol. The summed E-state index contributed by atoms with van der Waals surface area (Å²) >= 11 is 5.96. The number of nitrogens with zero attached hydrogens (tertiary/aromatic N) is 1. The Labute approximate surface area is 124 Å². The molecule has 21 heavy (non-hydrogen) atoms. The molecule has 0 aliphatic heterocycles. The minimum absolute atomic E-state index is 0.130. The van der Waals surface area contributed by atoms with Gasteiger partial charge in [0.1, 0.15) is 5.75 Å². The molecule has 0 unspecified atom stereocenters.